The van der Waals surface area contributed by atoms with Crippen LogP contribution in [-0.2, 0) is 24.8 Å². The lowest BCUT2D eigenvalue weighted by atomic mass is 10.0. The van der Waals surface area contributed by atoms with Crippen LogP contribution in [0.1, 0.15) is 42.5 Å². The first-order chi connectivity index (χ1) is 13.0. The lowest BCUT2D eigenvalue weighted by molar-refractivity contribution is 0.0222. The summed E-state index contributed by atoms with van der Waals surface area (Å²) in [7, 11) is 1.70. The summed E-state index contributed by atoms with van der Waals surface area (Å²) in [4.78, 5) is 26.5. The van der Waals surface area contributed by atoms with Crippen LogP contribution in [0.25, 0.3) is 0 Å². The largest absolute Gasteiger partial charge is 0.444 e. The number of hydrogen-bond donors (Lipinski definition) is 1. The molecule has 0 unspecified atom stereocenters. The van der Waals surface area contributed by atoms with Crippen LogP contribution in [0.2, 0.25) is 0 Å². The molecule has 7 nitrogen and oxygen atoms in total. The number of aryl methyl sites for hydroxylation is 1. The van der Waals surface area contributed by atoms with Crippen molar-refractivity contribution in [2.45, 2.75) is 39.3 Å². The van der Waals surface area contributed by atoms with Crippen LogP contribution in [0.5, 0.6) is 0 Å². The maximum atomic E-state index is 13.8. The van der Waals surface area contributed by atoms with Crippen molar-refractivity contribution in [2.75, 3.05) is 11.9 Å². The van der Waals surface area contributed by atoms with Gasteiger partial charge in [-0.1, -0.05) is 0 Å². The zero-order valence-electron chi connectivity index (χ0n) is 16.2. The van der Waals surface area contributed by atoms with Gasteiger partial charge in [0, 0.05) is 37.3 Å². The second-order valence-electron chi connectivity index (χ2n) is 7.63. The van der Waals surface area contributed by atoms with Crippen molar-refractivity contribution >= 4 is 17.7 Å². The highest BCUT2D eigenvalue weighted by Gasteiger charge is 2.31. The minimum Gasteiger partial charge on any atom is -0.444 e. The van der Waals surface area contributed by atoms with Crippen LogP contribution >= 0.6 is 0 Å². The van der Waals surface area contributed by atoms with E-state index in [-0.39, 0.29) is 17.9 Å². The van der Waals surface area contributed by atoms with Gasteiger partial charge in [0.1, 0.15) is 17.2 Å². The maximum Gasteiger partial charge on any atom is 0.410 e. The molecular formula is C19H22F2N4O3. The molecule has 3 rings (SSSR count). The predicted octanol–water partition coefficient (Wildman–Crippen LogP) is 3.24. The van der Waals surface area contributed by atoms with E-state index in [1.807, 2.05) is 0 Å². The molecule has 2 amide bonds. The molecule has 0 spiro atoms. The number of nitrogens with zero attached hydrogens (tertiary/aromatic N) is 3. The Hall–Kier alpha value is -2.97. The van der Waals surface area contributed by atoms with Crippen molar-refractivity contribution in [2.24, 2.45) is 7.05 Å². The lowest BCUT2D eigenvalue weighted by Gasteiger charge is -2.30. The Morgan fingerprint density at radius 2 is 1.96 bits per heavy atom. The minimum atomic E-state index is -0.755. The van der Waals surface area contributed by atoms with Gasteiger partial charge in [-0.3, -0.25) is 9.48 Å². The molecular weight excluding hydrogens is 370 g/mol. The summed E-state index contributed by atoms with van der Waals surface area (Å²) >= 11 is 0. The topological polar surface area (TPSA) is 76.5 Å². The molecule has 1 N–H and O–H groups in total. The van der Waals surface area contributed by atoms with Gasteiger partial charge in [0.25, 0.3) is 5.91 Å². The predicted molar refractivity (Wildman–Crippen MR) is 97.9 cm³/mol. The Labute approximate surface area is 161 Å². The molecule has 1 aromatic heterocycles. The van der Waals surface area contributed by atoms with Gasteiger partial charge in [-0.25, -0.2) is 13.6 Å². The molecule has 9 heteroatoms. The zero-order chi connectivity index (χ0) is 20.6. The summed E-state index contributed by atoms with van der Waals surface area (Å²) < 4.78 is 34.2. The van der Waals surface area contributed by atoms with E-state index in [1.54, 1.807) is 32.5 Å². The number of ether oxygens (including phenoxy) is 1. The first kappa shape index (κ1) is 19.8. The number of fused-ring (bicyclic) bond motifs is 1. The van der Waals surface area contributed by atoms with Crippen molar-refractivity contribution in [3.63, 3.8) is 0 Å². The number of aromatic nitrogens is 2. The van der Waals surface area contributed by atoms with Crippen LogP contribution in [-0.4, -0.2) is 38.8 Å². The molecule has 1 aliphatic heterocycles. The van der Waals surface area contributed by atoms with Gasteiger partial charge < -0.3 is 15.0 Å². The second-order valence-corrected chi connectivity index (χ2v) is 7.63. The number of rotatable bonds is 2. The van der Waals surface area contributed by atoms with Crippen molar-refractivity contribution < 1.29 is 23.1 Å². The van der Waals surface area contributed by atoms with E-state index in [1.165, 1.54) is 4.90 Å². The number of benzene rings is 1. The molecule has 0 saturated heterocycles. The highest BCUT2D eigenvalue weighted by atomic mass is 19.1. The van der Waals surface area contributed by atoms with Gasteiger partial charge in [0.15, 0.2) is 5.69 Å². The van der Waals surface area contributed by atoms with Crippen LogP contribution < -0.4 is 5.32 Å². The third-order valence-electron chi connectivity index (χ3n) is 4.29. The Bertz CT molecular complexity index is 934. The average Bonchev–Trinajstić information content (AvgIpc) is 2.93. The highest BCUT2D eigenvalue weighted by Crippen LogP contribution is 2.25. The zero-order valence-corrected chi connectivity index (χ0v) is 16.2. The summed E-state index contributed by atoms with van der Waals surface area (Å²) in [6.07, 6.45) is 0.0178. The summed E-state index contributed by atoms with van der Waals surface area (Å²) in [6, 6.07) is 2.80. The maximum absolute atomic E-state index is 13.8. The molecule has 0 saturated carbocycles. The minimum absolute atomic E-state index is 0.0643. The third kappa shape index (κ3) is 4.13. The van der Waals surface area contributed by atoms with Gasteiger partial charge in [0.2, 0.25) is 0 Å². The first-order valence-corrected chi connectivity index (χ1v) is 8.84. The number of hydrogen-bond acceptors (Lipinski definition) is 4. The number of halogens is 2. The molecule has 0 bridgehead atoms. The molecule has 1 aromatic carbocycles. The van der Waals surface area contributed by atoms with Crippen LogP contribution in [0.15, 0.2) is 18.2 Å². The molecule has 2 aromatic rings. The number of carbonyl (C=O) groups is 2. The fraction of sp³-hybridized carbons (Fsp3) is 0.421. The summed E-state index contributed by atoms with van der Waals surface area (Å²) in [6.45, 7) is 5.90. The van der Waals surface area contributed by atoms with E-state index in [0.717, 1.165) is 23.9 Å². The Morgan fingerprint density at radius 1 is 1.25 bits per heavy atom. The normalized spacial score (nSPS) is 13.9. The fourth-order valence-corrected chi connectivity index (χ4v) is 3.03. The smallest absolute Gasteiger partial charge is 0.410 e. The molecule has 0 atom stereocenters. The lowest BCUT2D eigenvalue weighted by Crippen LogP contribution is -2.40. The Balaban J connectivity index is 1.84. The molecule has 0 fully saturated rings. The van der Waals surface area contributed by atoms with Crippen molar-refractivity contribution in [1.29, 1.82) is 0 Å². The van der Waals surface area contributed by atoms with Crippen molar-refractivity contribution in [1.82, 2.24) is 14.7 Å². The quantitative estimate of drug-likeness (QED) is 0.851. The van der Waals surface area contributed by atoms with Crippen molar-refractivity contribution in [3.05, 3.63) is 46.8 Å². The van der Waals surface area contributed by atoms with E-state index >= 15 is 0 Å². The van der Waals surface area contributed by atoms with E-state index in [2.05, 4.69) is 10.4 Å². The Kier molecular flexibility index (Phi) is 5.10. The van der Waals surface area contributed by atoms with Crippen molar-refractivity contribution in [3.8, 4) is 0 Å². The van der Waals surface area contributed by atoms with Crippen LogP contribution in [0.3, 0.4) is 0 Å². The van der Waals surface area contributed by atoms with E-state index < -0.39 is 29.2 Å². The molecule has 28 heavy (non-hydrogen) atoms. The van der Waals surface area contributed by atoms with Gasteiger partial charge in [-0.2, -0.15) is 5.10 Å². The van der Waals surface area contributed by atoms with Gasteiger partial charge in [0.05, 0.1) is 12.2 Å². The standard InChI is InChI=1S/C19H22F2N4O3/c1-19(2,3)28-18(27)25-8-7-15-12(10-25)16(23-24(15)4)17(26)22-14-9-11(20)5-6-13(14)21/h5-6,9H,7-8,10H2,1-4H3,(H,22,26). The summed E-state index contributed by atoms with van der Waals surface area (Å²) in [5.41, 5.74) is 0.527. The number of nitrogens with one attached hydrogen (secondary N) is 1. The molecule has 2 heterocycles. The highest BCUT2D eigenvalue weighted by molar-refractivity contribution is 6.04. The Morgan fingerprint density at radius 3 is 2.64 bits per heavy atom. The summed E-state index contributed by atoms with van der Waals surface area (Å²) in [5, 5.41) is 6.57. The van der Waals surface area contributed by atoms with Crippen LogP contribution in [0, 0.1) is 11.6 Å². The molecule has 0 radical (unpaired) electrons. The second kappa shape index (κ2) is 7.21. The number of anilines is 1. The van der Waals surface area contributed by atoms with Gasteiger partial charge >= 0.3 is 6.09 Å². The molecule has 0 aliphatic carbocycles. The third-order valence-corrected chi connectivity index (χ3v) is 4.29. The molecule has 150 valence electrons. The van der Waals surface area contributed by atoms with E-state index in [9.17, 15) is 18.4 Å². The van der Waals surface area contributed by atoms with Gasteiger partial charge in [-0.05, 0) is 32.9 Å². The monoisotopic (exact) mass is 392 g/mol. The average molecular weight is 392 g/mol. The number of carbonyl (C=O) groups excluding carboxylic acids is 2. The van der Waals surface area contributed by atoms with E-state index in [4.69, 9.17) is 4.74 Å². The first-order valence-electron chi connectivity index (χ1n) is 8.84. The van der Waals surface area contributed by atoms with Crippen LogP contribution in [0.4, 0.5) is 19.3 Å². The molecule has 1 aliphatic rings. The van der Waals surface area contributed by atoms with Gasteiger partial charge in [-0.15, -0.1) is 0 Å². The SMILES string of the molecule is Cn1nc(C(=O)Nc2cc(F)ccc2F)c2c1CCN(C(=O)OC(C)(C)C)C2. The summed E-state index contributed by atoms with van der Waals surface area (Å²) in [5.74, 6) is -2.10. The fourth-order valence-electron chi connectivity index (χ4n) is 3.03. The number of amides is 2. The van der Waals surface area contributed by atoms with E-state index in [0.29, 0.717) is 18.5 Å².